The van der Waals surface area contributed by atoms with Crippen molar-refractivity contribution in [2.75, 3.05) is 13.7 Å². The fourth-order valence-electron chi connectivity index (χ4n) is 4.94. The number of carbonyl (C=O) groups is 1. The summed E-state index contributed by atoms with van der Waals surface area (Å²) in [6.45, 7) is 2.50. The molecule has 0 bridgehead atoms. The number of rotatable bonds is 4. The molecule has 7 heteroatoms. The van der Waals surface area contributed by atoms with Crippen molar-refractivity contribution in [3.05, 3.63) is 82.7 Å². The quantitative estimate of drug-likeness (QED) is 0.614. The van der Waals surface area contributed by atoms with E-state index in [1.54, 1.807) is 24.4 Å². The van der Waals surface area contributed by atoms with Crippen molar-refractivity contribution < 1.29 is 19.0 Å². The van der Waals surface area contributed by atoms with Gasteiger partial charge in [-0.25, -0.2) is 9.37 Å². The van der Waals surface area contributed by atoms with Gasteiger partial charge in [-0.15, -0.1) is 0 Å². The van der Waals surface area contributed by atoms with Gasteiger partial charge in [-0.3, -0.25) is 4.79 Å². The fraction of sp³-hybridized carbons (Fsp3) is 0.308. The molecule has 0 saturated carbocycles. The smallest absolute Gasteiger partial charge is 0.250 e. The Labute approximate surface area is 191 Å². The Balaban J connectivity index is 1.44. The molecule has 3 aromatic rings. The van der Waals surface area contributed by atoms with Crippen LogP contribution in [0.25, 0.3) is 11.8 Å². The number of aliphatic hydroxyl groups is 1. The van der Waals surface area contributed by atoms with Gasteiger partial charge in [0.15, 0.2) is 0 Å². The van der Waals surface area contributed by atoms with E-state index in [0.29, 0.717) is 30.7 Å². The number of aryl methyl sites for hydroxylation is 1. The molecule has 5 rings (SSSR count). The van der Waals surface area contributed by atoms with Gasteiger partial charge in [0, 0.05) is 24.7 Å². The van der Waals surface area contributed by atoms with E-state index >= 15 is 0 Å². The standard InChI is InChI=1S/C26H26FN3O3/c1-16-14-29(15-28-16)22-8-5-17(11-24(22)33-2)10-18-4-3-9-30(26(18)32)25-21-7-6-20(27)12-19(21)13-23(25)31/h5-8,10-12,14-15,23,25,31H,3-4,9,13H2,1-2H3/t23-,25+/m1/s1. The molecule has 33 heavy (non-hydrogen) atoms. The molecule has 2 heterocycles. The maximum absolute atomic E-state index is 13.7. The number of aliphatic hydroxyl groups excluding tert-OH is 1. The number of piperidine rings is 1. The SMILES string of the molecule is COc1cc(C=C2CCCN([C@H]3c4ccc(F)cc4C[C@H]3O)C2=O)ccc1-n1cnc(C)c1. The fourth-order valence-corrected chi connectivity index (χ4v) is 4.94. The lowest BCUT2D eigenvalue weighted by Gasteiger charge is -2.35. The summed E-state index contributed by atoms with van der Waals surface area (Å²) in [5.74, 6) is 0.273. The van der Waals surface area contributed by atoms with E-state index in [2.05, 4.69) is 4.98 Å². The molecule has 0 unspecified atom stereocenters. The van der Waals surface area contributed by atoms with Crippen molar-refractivity contribution in [2.45, 2.75) is 38.3 Å². The Morgan fingerprint density at radius 1 is 1.24 bits per heavy atom. The topological polar surface area (TPSA) is 67.6 Å². The van der Waals surface area contributed by atoms with Crippen LogP contribution >= 0.6 is 0 Å². The Bertz CT molecular complexity index is 1250. The first-order valence-corrected chi connectivity index (χ1v) is 11.1. The van der Waals surface area contributed by atoms with Crippen LogP contribution in [0.5, 0.6) is 5.75 Å². The molecule has 1 fully saturated rings. The molecule has 1 aliphatic carbocycles. The van der Waals surface area contributed by atoms with Crippen molar-refractivity contribution in [1.29, 1.82) is 0 Å². The highest BCUT2D eigenvalue weighted by Crippen LogP contribution is 2.39. The van der Waals surface area contributed by atoms with Crippen molar-refractivity contribution in [2.24, 2.45) is 0 Å². The number of benzene rings is 2. The zero-order valence-electron chi connectivity index (χ0n) is 18.7. The Hall–Kier alpha value is -3.45. The van der Waals surface area contributed by atoms with E-state index in [4.69, 9.17) is 4.74 Å². The second-order valence-corrected chi connectivity index (χ2v) is 8.68. The number of imidazole rings is 1. The number of hydrogen-bond acceptors (Lipinski definition) is 4. The number of carbonyl (C=O) groups excluding carboxylic acids is 1. The molecule has 1 amide bonds. The summed E-state index contributed by atoms with van der Waals surface area (Å²) >= 11 is 0. The molecule has 2 aliphatic rings. The van der Waals surface area contributed by atoms with E-state index in [0.717, 1.165) is 34.5 Å². The Morgan fingerprint density at radius 2 is 2.09 bits per heavy atom. The molecular weight excluding hydrogens is 421 g/mol. The summed E-state index contributed by atoms with van der Waals surface area (Å²) in [5.41, 5.74) is 4.94. The molecule has 0 spiro atoms. The average Bonchev–Trinajstić information content (AvgIpc) is 3.37. The summed E-state index contributed by atoms with van der Waals surface area (Å²) < 4.78 is 21.1. The van der Waals surface area contributed by atoms with E-state index in [9.17, 15) is 14.3 Å². The average molecular weight is 448 g/mol. The molecule has 1 aliphatic heterocycles. The van der Waals surface area contributed by atoms with Gasteiger partial charge in [0.1, 0.15) is 11.6 Å². The predicted molar refractivity (Wildman–Crippen MR) is 123 cm³/mol. The Morgan fingerprint density at radius 3 is 2.85 bits per heavy atom. The van der Waals surface area contributed by atoms with Gasteiger partial charge in [0.25, 0.3) is 0 Å². The second kappa shape index (κ2) is 8.48. The summed E-state index contributed by atoms with van der Waals surface area (Å²) in [7, 11) is 1.62. The van der Waals surface area contributed by atoms with Crippen LogP contribution in [0.15, 0.2) is 54.5 Å². The molecule has 2 atom stereocenters. The number of aromatic nitrogens is 2. The number of methoxy groups -OCH3 is 1. The first-order chi connectivity index (χ1) is 15.9. The van der Waals surface area contributed by atoms with Crippen LogP contribution in [0.1, 0.15) is 41.3 Å². The third-order valence-electron chi connectivity index (χ3n) is 6.47. The van der Waals surface area contributed by atoms with E-state index in [1.807, 2.05) is 42.0 Å². The Kier molecular flexibility index (Phi) is 5.50. The van der Waals surface area contributed by atoms with Gasteiger partial charge >= 0.3 is 0 Å². The van der Waals surface area contributed by atoms with E-state index < -0.39 is 12.1 Å². The highest BCUT2D eigenvalue weighted by Gasteiger charge is 2.39. The van der Waals surface area contributed by atoms with Crippen LogP contribution in [0.3, 0.4) is 0 Å². The van der Waals surface area contributed by atoms with Crippen molar-refractivity contribution in [3.8, 4) is 11.4 Å². The van der Waals surface area contributed by atoms with Crippen molar-refractivity contribution >= 4 is 12.0 Å². The molecule has 6 nitrogen and oxygen atoms in total. The highest BCUT2D eigenvalue weighted by molar-refractivity contribution is 5.99. The molecule has 170 valence electrons. The van der Waals surface area contributed by atoms with Gasteiger partial charge in [0.05, 0.1) is 37.0 Å². The molecule has 1 N–H and O–H groups in total. The molecular formula is C26H26FN3O3. The van der Waals surface area contributed by atoms with Crippen LogP contribution in [-0.4, -0.2) is 45.2 Å². The summed E-state index contributed by atoms with van der Waals surface area (Å²) in [5, 5.41) is 10.7. The lowest BCUT2D eigenvalue weighted by atomic mass is 9.96. The molecule has 2 aromatic carbocycles. The van der Waals surface area contributed by atoms with Gasteiger partial charge in [0.2, 0.25) is 5.91 Å². The zero-order chi connectivity index (χ0) is 23.1. The molecule has 1 aromatic heterocycles. The number of nitrogens with zero attached hydrogens (tertiary/aromatic N) is 3. The number of ether oxygens (including phenoxy) is 1. The lowest BCUT2D eigenvalue weighted by Crippen LogP contribution is -2.42. The third kappa shape index (κ3) is 3.93. The van der Waals surface area contributed by atoms with Crippen LogP contribution in [-0.2, 0) is 11.2 Å². The number of amides is 1. The summed E-state index contributed by atoms with van der Waals surface area (Å²) in [6.07, 6.45) is 6.66. The summed E-state index contributed by atoms with van der Waals surface area (Å²) in [6, 6.07) is 9.91. The van der Waals surface area contributed by atoms with Crippen LogP contribution < -0.4 is 4.74 Å². The second-order valence-electron chi connectivity index (χ2n) is 8.68. The number of likely N-dealkylation sites (tertiary alicyclic amines) is 1. The van der Waals surface area contributed by atoms with Crippen LogP contribution in [0.2, 0.25) is 0 Å². The van der Waals surface area contributed by atoms with Crippen LogP contribution in [0.4, 0.5) is 4.39 Å². The maximum Gasteiger partial charge on any atom is 0.250 e. The zero-order valence-corrected chi connectivity index (χ0v) is 18.7. The third-order valence-corrected chi connectivity index (χ3v) is 6.47. The number of halogens is 1. The lowest BCUT2D eigenvalue weighted by molar-refractivity contribution is -0.133. The molecule has 0 radical (unpaired) electrons. The minimum absolute atomic E-state index is 0.0873. The minimum Gasteiger partial charge on any atom is -0.495 e. The molecule has 1 saturated heterocycles. The first-order valence-electron chi connectivity index (χ1n) is 11.1. The van der Waals surface area contributed by atoms with Gasteiger partial charge in [-0.05, 0) is 66.8 Å². The number of hydrogen-bond donors (Lipinski definition) is 1. The predicted octanol–water partition coefficient (Wildman–Crippen LogP) is 3.99. The summed E-state index contributed by atoms with van der Waals surface area (Å²) in [4.78, 5) is 19.4. The normalized spacial score (nSPS) is 21.5. The van der Waals surface area contributed by atoms with Gasteiger partial charge in [-0.1, -0.05) is 12.1 Å². The van der Waals surface area contributed by atoms with Crippen molar-refractivity contribution in [1.82, 2.24) is 14.5 Å². The maximum atomic E-state index is 13.7. The van der Waals surface area contributed by atoms with E-state index in [1.165, 1.54) is 12.1 Å². The monoisotopic (exact) mass is 447 g/mol. The first kappa shape index (κ1) is 21.4. The van der Waals surface area contributed by atoms with E-state index in [-0.39, 0.29) is 11.7 Å². The van der Waals surface area contributed by atoms with Crippen molar-refractivity contribution in [3.63, 3.8) is 0 Å². The number of fused-ring (bicyclic) bond motifs is 1. The van der Waals surface area contributed by atoms with Gasteiger partial charge < -0.3 is 19.3 Å². The van der Waals surface area contributed by atoms with Gasteiger partial charge in [-0.2, -0.15) is 0 Å². The minimum atomic E-state index is -0.733. The largest absolute Gasteiger partial charge is 0.495 e. The highest BCUT2D eigenvalue weighted by atomic mass is 19.1. The van der Waals surface area contributed by atoms with Crippen LogP contribution in [0, 0.1) is 12.7 Å².